The molecule has 1 nitrogen and oxygen atoms in total. The van der Waals surface area contributed by atoms with Crippen LogP contribution in [0.15, 0.2) is 24.3 Å². The third-order valence-corrected chi connectivity index (χ3v) is 3.46. The fourth-order valence-electron chi connectivity index (χ4n) is 2.42. The van der Waals surface area contributed by atoms with E-state index in [-0.39, 0.29) is 12.0 Å². The summed E-state index contributed by atoms with van der Waals surface area (Å²) in [5, 5.41) is 0. The number of halogens is 3. The zero-order valence-electron chi connectivity index (χ0n) is 9.50. The quantitative estimate of drug-likeness (QED) is 0.799. The highest BCUT2D eigenvalue weighted by Gasteiger charge is 2.31. The van der Waals surface area contributed by atoms with Gasteiger partial charge in [0.25, 0.3) is 0 Å². The smallest absolute Gasteiger partial charge is 0.328 e. The highest BCUT2D eigenvalue weighted by molar-refractivity contribution is 5.28. The first-order valence-electron chi connectivity index (χ1n) is 5.89. The third-order valence-electron chi connectivity index (χ3n) is 3.46. The lowest BCUT2D eigenvalue weighted by atomic mass is 9.81. The largest absolute Gasteiger partial charge is 0.416 e. The van der Waals surface area contributed by atoms with Crippen molar-refractivity contribution >= 4 is 0 Å². The molecule has 1 aliphatic carbocycles. The van der Waals surface area contributed by atoms with Gasteiger partial charge in [0.2, 0.25) is 0 Å². The van der Waals surface area contributed by atoms with Gasteiger partial charge in [0, 0.05) is 6.04 Å². The summed E-state index contributed by atoms with van der Waals surface area (Å²) in [6, 6.07) is 5.90. The molecule has 1 fully saturated rings. The summed E-state index contributed by atoms with van der Waals surface area (Å²) in [6.45, 7) is 0. The Kier molecular flexibility index (Phi) is 3.43. The van der Waals surface area contributed by atoms with Gasteiger partial charge in [-0.05, 0) is 43.2 Å². The molecule has 1 aromatic carbocycles. The molecule has 2 rings (SSSR count). The SMILES string of the molecule is N[C@H]1CC[C@@H](c2cccc(C(F)(F)F)c2)CC1. The van der Waals surface area contributed by atoms with E-state index in [9.17, 15) is 13.2 Å². The Morgan fingerprint density at radius 2 is 1.71 bits per heavy atom. The van der Waals surface area contributed by atoms with Crippen molar-refractivity contribution in [2.75, 3.05) is 0 Å². The van der Waals surface area contributed by atoms with Crippen LogP contribution in [-0.2, 0) is 6.18 Å². The van der Waals surface area contributed by atoms with Crippen molar-refractivity contribution in [1.82, 2.24) is 0 Å². The molecule has 4 heteroatoms. The molecule has 0 bridgehead atoms. The lowest BCUT2D eigenvalue weighted by molar-refractivity contribution is -0.137. The van der Waals surface area contributed by atoms with Crippen LogP contribution in [0.3, 0.4) is 0 Å². The number of rotatable bonds is 1. The Labute approximate surface area is 98.8 Å². The molecule has 1 aromatic rings. The number of hydrogen-bond acceptors (Lipinski definition) is 1. The van der Waals surface area contributed by atoms with E-state index in [2.05, 4.69) is 0 Å². The summed E-state index contributed by atoms with van der Waals surface area (Å²) >= 11 is 0. The van der Waals surface area contributed by atoms with Crippen molar-refractivity contribution in [1.29, 1.82) is 0 Å². The lowest BCUT2D eigenvalue weighted by Gasteiger charge is -2.26. The summed E-state index contributed by atoms with van der Waals surface area (Å²) in [5.74, 6) is 0.233. The minimum absolute atomic E-state index is 0.219. The zero-order valence-corrected chi connectivity index (χ0v) is 9.50. The van der Waals surface area contributed by atoms with Crippen molar-refractivity contribution in [3.8, 4) is 0 Å². The third kappa shape index (κ3) is 3.00. The van der Waals surface area contributed by atoms with E-state index in [1.54, 1.807) is 6.07 Å². The molecule has 94 valence electrons. The molecule has 2 N–H and O–H groups in total. The van der Waals surface area contributed by atoms with E-state index in [0.29, 0.717) is 0 Å². The van der Waals surface area contributed by atoms with E-state index in [1.165, 1.54) is 12.1 Å². The molecule has 0 aromatic heterocycles. The van der Waals surface area contributed by atoms with E-state index >= 15 is 0 Å². The fourth-order valence-corrected chi connectivity index (χ4v) is 2.42. The van der Waals surface area contributed by atoms with Crippen LogP contribution in [-0.4, -0.2) is 6.04 Å². The highest BCUT2D eigenvalue weighted by Crippen LogP contribution is 2.35. The summed E-state index contributed by atoms with van der Waals surface area (Å²) in [5.41, 5.74) is 6.04. The standard InChI is InChI=1S/C13H16F3N/c14-13(15,16)11-3-1-2-10(8-11)9-4-6-12(17)7-5-9/h1-3,8-9,12H,4-7,17H2/t9-,12+. The molecule has 0 aliphatic heterocycles. The molecule has 0 amide bonds. The molecule has 0 heterocycles. The van der Waals surface area contributed by atoms with Gasteiger partial charge in [0.1, 0.15) is 0 Å². The predicted octanol–water partition coefficient (Wildman–Crippen LogP) is 3.69. The Bertz CT molecular complexity index is 378. The zero-order chi connectivity index (χ0) is 12.5. The normalized spacial score (nSPS) is 25.9. The minimum atomic E-state index is -4.25. The molecule has 0 unspecified atom stereocenters. The van der Waals surface area contributed by atoms with Crippen molar-refractivity contribution in [2.45, 2.75) is 43.8 Å². The minimum Gasteiger partial charge on any atom is -0.328 e. The van der Waals surface area contributed by atoms with Gasteiger partial charge in [-0.1, -0.05) is 18.2 Å². The van der Waals surface area contributed by atoms with Crippen molar-refractivity contribution in [3.05, 3.63) is 35.4 Å². The molecule has 17 heavy (non-hydrogen) atoms. The molecular formula is C13H16F3N. The van der Waals surface area contributed by atoms with Crippen LogP contribution in [0, 0.1) is 0 Å². The van der Waals surface area contributed by atoms with Crippen LogP contribution in [0.5, 0.6) is 0 Å². The molecule has 0 radical (unpaired) electrons. The number of hydrogen-bond donors (Lipinski definition) is 1. The first kappa shape index (κ1) is 12.4. The first-order valence-corrected chi connectivity index (χ1v) is 5.89. The summed E-state index contributed by atoms with van der Waals surface area (Å²) < 4.78 is 37.7. The summed E-state index contributed by atoms with van der Waals surface area (Å²) in [7, 11) is 0. The van der Waals surface area contributed by atoms with Gasteiger partial charge < -0.3 is 5.73 Å². The average molecular weight is 243 g/mol. The predicted molar refractivity (Wildman–Crippen MR) is 60.6 cm³/mol. The van der Waals surface area contributed by atoms with Gasteiger partial charge in [-0.15, -0.1) is 0 Å². The first-order chi connectivity index (χ1) is 7.97. The van der Waals surface area contributed by atoms with Crippen molar-refractivity contribution < 1.29 is 13.2 Å². The van der Waals surface area contributed by atoms with E-state index in [0.717, 1.165) is 37.3 Å². The molecule has 0 spiro atoms. The Balaban J connectivity index is 2.16. The van der Waals surface area contributed by atoms with Gasteiger partial charge in [0.15, 0.2) is 0 Å². The van der Waals surface area contributed by atoms with Crippen LogP contribution in [0.4, 0.5) is 13.2 Å². The summed E-state index contributed by atoms with van der Waals surface area (Å²) in [4.78, 5) is 0. The van der Waals surface area contributed by atoms with Gasteiger partial charge in [-0.25, -0.2) is 0 Å². The monoisotopic (exact) mass is 243 g/mol. The van der Waals surface area contributed by atoms with E-state index in [1.807, 2.05) is 0 Å². The maximum absolute atomic E-state index is 12.6. The molecule has 1 aliphatic rings. The highest BCUT2D eigenvalue weighted by atomic mass is 19.4. The second-order valence-corrected chi connectivity index (χ2v) is 4.73. The number of benzene rings is 1. The van der Waals surface area contributed by atoms with Gasteiger partial charge in [0.05, 0.1) is 5.56 Å². The van der Waals surface area contributed by atoms with E-state index in [4.69, 9.17) is 5.73 Å². The van der Waals surface area contributed by atoms with Crippen molar-refractivity contribution in [3.63, 3.8) is 0 Å². The topological polar surface area (TPSA) is 26.0 Å². The average Bonchev–Trinajstić information content (AvgIpc) is 2.29. The van der Waals surface area contributed by atoms with E-state index < -0.39 is 11.7 Å². The van der Waals surface area contributed by atoms with Crippen LogP contribution in [0.2, 0.25) is 0 Å². The molecular weight excluding hydrogens is 227 g/mol. The number of alkyl halides is 3. The maximum atomic E-state index is 12.6. The fraction of sp³-hybridized carbons (Fsp3) is 0.538. The van der Waals surface area contributed by atoms with Gasteiger partial charge in [-0.2, -0.15) is 13.2 Å². The number of nitrogens with two attached hydrogens (primary N) is 1. The lowest BCUT2D eigenvalue weighted by Crippen LogP contribution is -2.25. The Hall–Kier alpha value is -1.03. The molecule has 0 saturated heterocycles. The van der Waals surface area contributed by atoms with Crippen molar-refractivity contribution in [2.24, 2.45) is 5.73 Å². The second kappa shape index (κ2) is 4.69. The van der Waals surface area contributed by atoms with Gasteiger partial charge >= 0.3 is 6.18 Å². The van der Waals surface area contributed by atoms with Crippen LogP contribution in [0.1, 0.15) is 42.7 Å². The Morgan fingerprint density at radius 1 is 1.06 bits per heavy atom. The molecule has 1 saturated carbocycles. The molecule has 0 atom stereocenters. The maximum Gasteiger partial charge on any atom is 0.416 e. The van der Waals surface area contributed by atoms with Gasteiger partial charge in [-0.3, -0.25) is 0 Å². The summed E-state index contributed by atoms with van der Waals surface area (Å²) in [6.07, 6.45) is -0.659. The van der Waals surface area contributed by atoms with Crippen LogP contribution >= 0.6 is 0 Å². The van der Waals surface area contributed by atoms with Crippen LogP contribution in [0.25, 0.3) is 0 Å². The Morgan fingerprint density at radius 3 is 2.29 bits per heavy atom. The second-order valence-electron chi connectivity index (χ2n) is 4.73. The van der Waals surface area contributed by atoms with Crippen LogP contribution < -0.4 is 5.73 Å².